The predicted octanol–water partition coefficient (Wildman–Crippen LogP) is 2.93. The van der Waals surface area contributed by atoms with Crippen molar-refractivity contribution in [2.24, 2.45) is 5.92 Å². The van der Waals surface area contributed by atoms with Crippen molar-refractivity contribution in [3.8, 4) is 0 Å². The minimum absolute atomic E-state index is 0.174. The van der Waals surface area contributed by atoms with Crippen LogP contribution < -0.4 is 5.32 Å². The van der Waals surface area contributed by atoms with Crippen LogP contribution in [-0.2, 0) is 6.42 Å². The summed E-state index contributed by atoms with van der Waals surface area (Å²) in [4.78, 5) is 4.34. The van der Waals surface area contributed by atoms with Crippen molar-refractivity contribution in [3.05, 3.63) is 30.1 Å². The van der Waals surface area contributed by atoms with E-state index in [1.807, 2.05) is 18.3 Å². The summed E-state index contributed by atoms with van der Waals surface area (Å²) in [7, 11) is 0. The number of hydrogen-bond acceptors (Lipinski definition) is 3. The van der Waals surface area contributed by atoms with Crippen LogP contribution in [-0.4, -0.2) is 28.8 Å². The van der Waals surface area contributed by atoms with Crippen molar-refractivity contribution in [3.63, 3.8) is 0 Å². The Hall–Kier alpha value is -0.930. The third-order valence-corrected chi connectivity index (χ3v) is 4.43. The maximum atomic E-state index is 10.2. The number of aryl methyl sites for hydroxylation is 1. The Kier molecular flexibility index (Phi) is 6.48. The Labute approximate surface area is 122 Å². The van der Waals surface area contributed by atoms with Crippen LogP contribution in [0.2, 0.25) is 0 Å². The number of nitrogens with one attached hydrogen (secondary N) is 1. The lowest BCUT2D eigenvalue weighted by Crippen LogP contribution is -2.38. The Morgan fingerprint density at radius 1 is 1.30 bits per heavy atom. The zero-order valence-corrected chi connectivity index (χ0v) is 12.6. The van der Waals surface area contributed by atoms with E-state index in [1.54, 1.807) is 0 Å². The summed E-state index contributed by atoms with van der Waals surface area (Å²) < 4.78 is 0. The van der Waals surface area contributed by atoms with Crippen LogP contribution in [0.4, 0.5) is 0 Å². The second-order valence-electron chi connectivity index (χ2n) is 6.13. The lowest BCUT2D eigenvalue weighted by atomic mass is 9.85. The number of hydrogen-bond donors (Lipinski definition) is 2. The SMILES string of the molecule is CC(CCc1ccccn1)NCC(O)C1CCCCC1. The molecule has 2 rings (SSSR count). The summed E-state index contributed by atoms with van der Waals surface area (Å²) in [5.41, 5.74) is 1.15. The first-order valence-electron chi connectivity index (χ1n) is 8.07. The molecule has 20 heavy (non-hydrogen) atoms. The van der Waals surface area contributed by atoms with E-state index in [-0.39, 0.29) is 6.10 Å². The summed E-state index contributed by atoms with van der Waals surface area (Å²) in [6, 6.07) is 6.48. The highest BCUT2D eigenvalue weighted by Crippen LogP contribution is 2.26. The molecule has 1 heterocycles. The van der Waals surface area contributed by atoms with Crippen LogP contribution in [0.1, 0.15) is 51.1 Å². The van der Waals surface area contributed by atoms with Gasteiger partial charge in [0, 0.05) is 24.5 Å². The van der Waals surface area contributed by atoms with Gasteiger partial charge in [-0.15, -0.1) is 0 Å². The standard InChI is InChI=1S/C17H28N2O/c1-14(10-11-16-9-5-6-12-18-16)19-13-17(20)15-7-3-2-4-8-15/h5-6,9,12,14-15,17,19-20H,2-4,7-8,10-11,13H2,1H3. The third kappa shape index (κ3) is 5.22. The minimum Gasteiger partial charge on any atom is -0.392 e. The molecule has 3 nitrogen and oxygen atoms in total. The summed E-state index contributed by atoms with van der Waals surface area (Å²) in [5, 5.41) is 13.7. The van der Waals surface area contributed by atoms with Gasteiger partial charge in [-0.3, -0.25) is 4.98 Å². The number of rotatable bonds is 7. The highest BCUT2D eigenvalue weighted by Gasteiger charge is 2.21. The lowest BCUT2D eigenvalue weighted by molar-refractivity contribution is 0.0816. The zero-order chi connectivity index (χ0) is 14.2. The van der Waals surface area contributed by atoms with E-state index in [2.05, 4.69) is 23.3 Å². The molecular weight excluding hydrogens is 248 g/mol. The minimum atomic E-state index is -0.174. The number of aliphatic hydroxyl groups is 1. The summed E-state index contributed by atoms with van der Waals surface area (Å²) in [5.74, 6) is 0.513. The number of aliphatic hydroxyl groups excluding tert-OH is 1. The molecule has 2 unspecified atom stereocenters. The van der Waals surface area contributed by atoms with Gasteiger partial charge < -0.3 is 10.4 Å². The molecule has 3 heteroatoms. The molecule has 0 saturated heterocycles. The van der Waals surface area contributed by atoms with Gasteiger partial charge in [0.2, 0.25) is 0 Å². The van der Waals surface area contributed by atoms with E-state index in [0.29, 0.717) is 12.0 Å². The first kappa shape index (κ1) is 15.5. The molecular formula is C17H28N2O. The average Bonchev–Trinajstić information content (AvgIpc) is 2.52. The van der Waals surface area contributed by atoms with Gasteiger partial charge in [-0.25, -0.2) is 0 Å². The van der Waals surface area contributed by atoms with Crippen molar-refractivity contribution < 1.29 is 5.11 Å². The molecule has 0 aliphatic heterocycles. The Bertz CT molecular complexity index is 363. The van der Waals surface area contributed by atoms with Crippen molar-refractivity contribution in [2.45, 2.75) is 64.0 Å². The van der Waals surface area contributed by atoms with Crippen LogP contribution in [0, 0.1) is 5.92 Å². The molecule has 2 N–H and O–H groups in total. The van der Waals surface area contributed by atoms with Gasteiger partial charge in [-0.2, -0.15) is 0 Å². The monoisotopic (exact) mass is 276 g/mol. The van der Waals surface area contributed by atoms with Gasteiger partial charge in [0.15, 0.2) is 0 Å². The van der Waals surface area contributed by atoms with Gasteiger partial charge in [0.1, 0.15) is 0 Å². The van der Waals surface area contributed by atoms with Gasteiger partial charge in [-0.1, -0.05) is 25.3 Å². The maximum absolute atomic E-state index is 10.2. The maximum Gasteiger partial charge on any atom is 0.0692 e. The Morgan fingerprint density at radius 2 is 2.10 bits per heavy atom. The van der Waals surface area contributed by atoms with Crippen molar-refractivity contribution in [1.29, 1.82) is 0 Å². The van der Waals surface area contributed by atoms with E-state index in [9.17, 15) is 5.11 Å². The van der Waals surface area contributed by atoms with Gasteiger partial charge in [0.25, 0.3) is 0 Å². The molecule has 0 bridgehead atoms. The highest BCUT2D eigenvalue weighted by molar-refractivity contribution is 5.03. The molecule has 0 spiro atoms. The number of nitrogens with zero attached hydrogens (tertiary/aromatic N) is 1. The van der Waals surface area contributed by atoms with E-state index in [0.717, 1.165) is 25.1 Å². The Balaban J connectivity index is 1.63. The van der Waals surface area contributed by atoms with Gasteiger partial charge in [0.05, 0.1) is 6.10 Å². The second-order valence-corrected chi connectivity index (χ2v) is 6.13. The molecule has 1 aromatic rings. The van der Waals surface area contributed by atoms with Crippen molar-refractivity contribution in [1.82, 2.24) is 10.3 Å². The van der Waals surface area contributed by atoms with E-state index < -0.39 is 0 Å². The van der Waals surface area contributed by atoms with Crippen LogP contribution in [0.15, 0.2) is 24.4 Å². The first-order chi connectivity index (χ1) is 9.75. The molecule has 0 aromatic carbocycles. The number of aromatic nitrogens is 1. The van der Waals surface area contributed by atoms with Gasteiger partial charge >= 0.3 is 0 Å². The lowest BCUT2D eigenvalue weighted by Gasteiger charge is -2.27. The Morgan fingerprint density at radius 3 is 2.80 bits per heavy atom. The topological polar surface area (TPSA) is 45.2 Å². The molecule has 1 saturated carbocycles. The van der Waals surface area contributed by atoms with Crippen molar-refractivity contribution >= 4 is 0 Å². The van der Waals surface area contributed by atoms with Gasteiger partial charge in [-0.05, 0) is 50.7 Å². The first-order valence-corrected chi connectivity index (χ1v) is 8.07. The largest absolute Gasteiger partial charge is 0.392 e. The molecule has 112 valence electrons. The van der Waals surface area contributed by atoms with Crippen LogP contribution in [0.25, 0.3) is 0 Å². The molecule has 0 amide bonds. The molecule has 1 fully saturated rings. The highest BCUT2D eigenvalue weighted by atomic mass is 16.3. The normalized spacial score (nSPS) is 19.7. The summed E-state index contributed by atoms with van der Waals surface area (Å²) in [6.45, 7) is 2.92. The zero-order valence-electron chi connectivity index (χ0n) is 12.6. The van der Waals surface area contributed by atoms with Crippen molar-refractivity contribution in [2.75, 3.05) is 6.54 Å². The molecule has 1 aliphatic carbocycles. The quantitative estimate of drug-likeness (QED) is 0.805. The third-order valence-electron chi connectivity index (χ3n) is 4.43. The second kappa shape index (κ2) is 8.38. The van der Waals surface area contributed by atoms with E-state index >= 15 is 0 Å². The van der Waals surface area contributed by atoms with E-state index in [4.69, 9.17) is 0 Å². The average molecular weight is 276 g/mol. The van der Waals surface area contributed by atoms with Crippen LogP contribution in [0.5, 0.6) is 0 Å². The molecule has 2 atom stereocenters. The van der Waals surface area contributed by atoms with E-state index in [1.165, 1.54) is 32.1 Å². The number of pyridine rings is 1. The fraction of sp³-hybridized carbons (Fsp3) is 0.706. The molecule has 1 aromatic heterocycles. The fourth-order valence-electron chi connectivity index (χ4n) is 3.02. The summed E-state index contributed by atoms with van der Waals surface area (Å²) >= 11 is 0. The fourth-order valence-corrected chi connectivity index (χ4v) is 3.02. The summed E-state index contributed by atoms with van der Waals surface area (Å²) in [6.07, 6.45) is 10.1. The van der Waals surface area contributed by atoms with Crippen LogP contribution >= 0.6 is 0 Å². The molecule has 0 radical (unpaired) electrons. The molecule has 1 aliphatic rings. The van der Waals surface area contributed by atoms with Crippen LogP contribution in [0.3, 0.4) is 0 Å². The smallest absolute Gasteiger partial charge is 0.0692 e. The predicted molar refractivity (Wildman–Crippen MR) is 82.6 cm³/mol.